The van der Waals surface area contributed by atoms with E-state index in [0.717, 1.165) is 6.42 Å². The van der Waals surface area contributed by atoms with Crippen LogP contribution < -0.4 is 0 Å². The predicted molar refractivity (Wildman–Crippen MR) is 57.8 cm³/mol. The lowest BCUT2D eigenvalue weighted by Gasteiger charge is -2.30. The van der Waals surface area contributed by atoms with Crippen molar-refractivity contribution in [3.05, 3.63) is 38.0 Å². The van der Waals surface area contributed by atoms with E-state index < -0.39 is 8.60 Å². The van der Waals surface area contributed by atoms with Gasteiger partial charge in [0.2, 0.25) is 0 Å². The third-order valence-corrected chi connectivity index (χ3v) is 2.98. The average molecular weight is 214 g/mol. The minimum absolute atomic E-state index is 0.0114. The summed E-state index contributed by atoms with van der Waals surface area (Å²) in [6.45, 7) is 11.4. The molecule has 1 heterocycles. The van der Waals surface area contributed by atoms with Gasteiger partial charge in [0.25, 0.3) is 0 Å². The Morgan fingerprint density at radius 3 is 2.21 bits per heavy atom. The van der Waals surface area contributed by atoms with Gasteiger partial charge in [0.15, 0.2) is 0 Å². The Kier molecular flexibility index (Phi) is 5.05. The largest absolute Gasteiger partial charge is 0.334 e. The molecule has 1 aliphatic heterocycles. The van der Waals surface area contributed by atoms with Crippen molar-refractivity contribution in [2.75, 3.05) is 6.61 Å². The van der Waals surface area contributed by atoms with Crippen molar-refractivity contribution in [3.63, 3.8) is 0 Å². The molecule has 0 radical (unpaired) electrons. The Morgan fingerprint density at radius 2 is 1.79 bits per heavy atom. The second-order valence-electron chi connectivity index (χ2n) is 2.80. The van der Waals surface area contributed by atoms with Crippen LogP contribution in [-0.2, 0) is 13.6 Å². The van der Waals surface area contributed by atoms with Gasteiger partial charge in [0, 0.05) is 6.42 Å². The van der Waals surface area contributed by atoms with Crippen molar-refractivity contribution in [1.82, 2.24) is 0 Å². The number of hydrogen-bond donors (Lipinski definition) is 0. The van der Waals surface area contributed by atoms with Gasteiger partial charge in [-0.2, -0.15) is 0 Å². The quantitative estimate of drug-likeness (QED) is 0.520. The monoisotopic (exact) mass is 214 g/mol. The third kappa shape index (κ3) is 3.35. The molecule has 3 nitrogen and oxygen atoms in total. The zero-order chi connectivity index (χ0) is 10.4. The molecule has 1 fully saturated rings. The Morgan fingerprint density at radius 1 is 1.21 bits per heavy atom. The first-order valence-corrected chi connectivity index (χ1v) is 5.52. The lowest BCUT2D eigenvalue weighted by Crippen LogP contribution is -2.24. The minimum Gasteiger partial charge on any atom is -0.308 e. The molecule has 0 aromatic rings. The fraction of sp³-hybridized carbons (Fsp3) is 0.400. The van der Waals surface area contributed by atoms with Gasteiger partial charge in [-0.05, 0) is 0 Å². The summed E-state index contributed by atoms with van der Waals surface area (Å²) in [5.74, 6) is 0. The molecule has 0 amide bonds. The molecule has 0 saturated carbocycles. The first-order chi connectivity index (χ1) is 6.80. The van der Waals surface area contributed by atoms with Gasteiger partial charge in [-0.3, -0.25) is 0 Å². The molecule has 14 heavy (non-hydrogen) atoms. The molecule has 1 aliphatic rings. The molecule has 1 saturated heterocycles. The highest BCUT2D eigenvalue weighted by Gasteiger charge is 2.28. The SMILES string of the molecule is C=CCOP1O[C@H](C=C)C[C@@H](C=C)O1. The van der Waals surface area contributed by atoms with Gasteiger partial charge in [0.1, 0.15) is 0 Å². The maximum Gasteiger partial charge on any atom is 0.334 e. The van der Waals surface area contributed by atoms with Crippen molar-refractivity contribution < 1.29 is 13.6 Å². The molecule has 0 aliphatic carbocycles. The molecule has 4 heteroatoms. The summed E-state index contributed by atoms with van der Waals surface area (Å²) in [5, 5.41) is 0. The molecular formula is C10H15O3P. The highest BCUT2D eigenvalue weighted by molar-refractivity contribution is 7.41. The van der Waals surface area contributed by atoms with Crippen LogP contribution in [-0.4, -0.2) is 18.8 Å². The summed E-state index contributed by atoms with van der Waals surface area (Å²) in [6.07, 6.45) is 5.90. The molecular weight excluding hydrogens is 199 g/mol. The van der Waals surface area contributed by atoms with E-state index in [0.29, 0.717) is 6.61 Å². The van der Waals surface area contributed by atoms with Crippen LogP contribution in [0.15, 0.2) is 38.0 Å². The lowest BCUT2D eigenvalue weighted by atomic mass is 10.1. The van der Waals surface area contributed by atoms with E-state index >= 15 is 0 Å². The van der Waals surface area contributed by atoms with E-state index in [1.54, 1.807) is 18.2 Å². The van der Waals surface area contributed by atoms with Crippen molar-refractivity contribution in [2.45, 2.75) is 18.6 Å². The Balaban J connectivity index is 2.46. The third-order valence-electron chi connectivity index (χ3n) is 1.73. The molecule has 0 aromatic carbocycles. The standard InChI is InChI=1S/C10H15O3P/c1-4-7-11-14-12-9(5-2)8-10(6-3)13-14/h4-6,9-10H,1-3,7-8H2/t9-,10-/m1/s1. The number of hydrogen-bond acceptors (Lipinski definition) is 3. The first kappa shape index (κ1) is 11.6. The second-order valence-corrected chi connectivity index (χ2v) is 3.93. The highest BCUT2D eigenvalue weighted by atomic mass is 31.2. The maximum absolute atomic E-state index is 5.48. The summed E-state index contributed by atoms with van der Waals surface area (Å²) >= 11 is 0. The van der Waals surface area contributed by atoms with Gasteiger partial charge >= 0.3 is 8.60 Å². The van der Waals surface area contributed by atoms with E-state index in [1.807, 2.05) is 0 Å². The van der Waals surface area contributed by atoms with Crippen LogP contribution in [0.5, 0.6) is 0 Å². The van der Waals surface area contributed by atoms with Crippen LogP contribution in [0, 0.1) is 0 Å². The first-order valence-electron chi connectivity index (χ1n) is 4.42. The minimum atomic E-state index is -1.28. The van der Waals surface area contributed by atoms with Crippen LogP contribution in [0.3, 0.4) is 0 Å². The molecule has 0 unspecified atom stereocenters. The topological polar surface area (TPSA) is 27.7 Å². The smallest absolute Gasteiger partial charge is 0.308 e. The van der Waals surface area contributed by atoms with Gasteiger partial charge in [0.05, 0.1) is 18.8 Å². The van der Waals surface area contributed by atoms with Crippen LogP contribution in [0.25, 0.3) is 0 Å². The summed E-state index contributed by atoms with van der Waals surface area (Å²) < 4.78 is 16.3. The second kappa shape index (κ2) is 6.10. The van der Waals surface area contributed by atoms with E-state index in [1.165, 1.54) is 0 Å². The molecule has 2 atom stereocenters. The number of rotatable bonds is 5. The Hall–Kier alpha value is -0.470. The summed E-state index contributed by atoms with van der Waals surface area (Å²) in [5.41, 5.74) is 0. The van der Waals surface area contributed by atoms with Crippen molar-refractivity contribution in [3.8, 4) is 0 Å². The Bertz CT molecular complexity index is 201. The van der Waals surface area contributed by atoms with Gasteiger partial charge in [-0.15, -0.1) is 19.7 Å². The van der Waals surface area contributed by atoms with Gasteiger partial charge in [-0.1, -0.05) is 18.2 Å². The lowest BCUT2D eigenvalue weighted by molar-refractivity contribution is 0.0594. The van der Waals surface area contributed by atoms with Crippen LogP contribution in [0.1, 0.15) is 6.42 Å². The van der Waals surface area contributed by atoms with E-state index in [2.05, 4.69) is 19.7 Å². The zero-order valence-corrected chi connectivity index (χ0v) is 8.99. The highest BCUT2D eigenvalue weighted by Crippen LogP contribution is 2.47. The van der Waals surface area contributed by atoms with Crippen molar-refractivity contribution in [1.29, 1.82) is 0 Å². The molecule has 1 rings (SSSR count). The maximum atomic E-state index is 5.48. The van der Waals surface area contributed by atoms with Crippen molar-refractivity contribution in [2.24, 2.45) is 0 Å². The van der Waals surface area contributed by atoms with Crippen LogP contribution in [0.2, 0.25) is 0 Å². The average Bonchev–Trinajstić information content (AvgIpc) is 2.25. The molecule has 0 aromatic heterocycles. The molecule has 0 spiro atoms. The fourth-order valence-corrected chi connectivity index (χ4v) is 2.20. The zero-order valence-electron chi connectivity index (χ0n) is 8.09. The normalized spacial score (nSPS) is 32.1. The summed E-state index contributed by atoms with van der Waals surface area (Å²) in [4.78, 5) is 0. The molecule has 0 N–H and O–H groups in total. The molecule has 0 bridgehead atoms. The van der Waals surface area contributed by atoms with Gasteiger partial charge < -0.3 is 13.6 Å². The van der Waals surface area contributed by atoms with Crippen LogP contribution in [0.4, 0.5) is 0 Å². The van der Waals surface area contributed by atoms with E-state index in [-0.39, 0.29) is 12.2 Å². The summed E-state index contributed by atoms with van der Waals surface area (Å²) in [6, 6.07) is 0. The van der Waals surface area contributed by atoms with E-state index in [4.69, 9.17) is 13.6 Å². The summed E-state index contributed by atoms with van der Waals surface area (Å²) in [7, 11) is -1.28. The molecule has 78 valence electrons. The van der Waals surface area contributed by atoms with Crippen LogP contribution >= 0.6 is 8.60 Å². The van der Waals surface area contributed by atoms with Gasteiger partial charge in [-0.25, -0.2) is 0 Å². The van der Waals surface area contributed by atoms with Crippen molar-refractivity contribution >= 4 is 8.60 Å². The Labute approximate surface area is 86.0 Å². The predicted octanol–water partition coefficient (Wildman–Crippen LogP) is 2.96. The van der Waals surface area contributed by atoms with E-state index in [9.17, 15) is 0 Å². The fourth-order valence-electron chi connectivity index (χ4n) is 1.01.